The van der Waals surface area contributed by atoms with Crippen LogP contribution in [0.15, 0.2) is 85.1 Å². The summed E-state index contributed by atoms with van der Waals surface area (Å²) in [5.74, 6) is -0.292. The van der Waals surface area contributed by atoms with Crippen molar-refractivity contribution in [3.63, 3.8) is 0 Å². The Morgan fingerprint density at radius 1 is 0.642 bits per heavy atom. The van der Waals surface area contributed by atoms with Gasteiger partial charge in [0.05, 0.1) is 25.4 Å². The number of nitrogens with two attached hydrogens (primary N) is 1. The van der Waals surface area contributed by atoms with Gasteiger partial charge in [-0.05, 0) is 70.6 Å². The van der Waals surface area contributed by atoms with Gasteiger partial charge in [0.2, 0.25) is 5.91 Å². The Bertz CT molecular complexity index is 1100. The molecular formula is C44H77N2O6P. The number of rotatable bonds is 37. The van der Waals surface area contributed by atoms with Crippen LogP contribution in [0.25, 0.3) is 0 Å². The quantitative estimate of drug-likeness (QED) is 0.0282. The SMILES string of the molecule is CC/C=C\C/C=C\C/C=C\C/C=C\CCC(=O)NC(COP(=O)(O)OCCN)C(O)/C=C/CC/C=C/CC/C=C/CCCCCCCCCCCCC. The predicted octanol–water partition coefficient (Wildman–Crippen LogP) is 11.4. The molecule has 0 rings (SSSR count). The van der Waals surface area contributed by atoms with Gasteiger partial charge in [0, 0.05) is 13.0 Å². The van der Waals surface area contributed by atoms with E-state index in [9.17, 15) is 19.4 Å². The van der Waals surface area contributed by atoms with Gasteiger partial charge in [-0.1, -0.05) is 163 Å². The molecule has 9 heteroatoms. The lowest BCUT2D eigenvalue weighted by atomic mass is 10.1. The fourth-order valence-corrected chi connectivity index (χ4v) is 6.11. The van der Waals surface area contributed by atoms with Gasteiger partial charge in [0.15, 0.2) is 0 Å². The second-order valence-corrected chi connectivity index (χ2v) is 14.9. The molecule has 0 saturated heterocycles. The molecule has 3 unspecified atom stereocenters. The van der Waals surface area contributed by atoms with E-state index in [0.29, 0.717) is 12.8 Å². The fourth-order valence-electron chi connectivity index (χ4n) is 5.35. The first-order chi connectivity index (χ1) is 25.9. The molecule has 0 fully saturated rings. The highest BCUT2D eigenvalue weighted by atomic mass is 31.2. The molecule has 0 aromatic rings. The summed E-state index contributed by atoms with van der Waals surface area (Å²) >= 11 is 0. The number of nitrogens with one attached hydrogen (secondary N) is 1. The fraction of sp³-hybridized carbons (Fsp3) is 0.659. The topological polar surface area (TPSA) is 131 Å². The van der Waals surface area contributed by atoms with E-state index in [0.717, 1.165) is 44.9 Å². The summed E-state index contributed by atoms with van der Waals surface area (Å²) in [6, 6.07) is -0.925. The maximum absolute atomic E-state index is 12.7. The number of hydrogen-bond acceptors (Lipinski definition) is 6. The number of aliphatic hydroxyl groups excluding tert-OH is 1. The molecule has 0 radical (unpaired) electrons. The van der Waals surface area contributed by atoms with Crippen molar-refractivity contribution < 1.29 is 28.4 Å². The summed E-state index contributed by atoms with van der Waals surface area (Å²) in [7, 11) is -4.37. The van der Waals surface area contributed by atoms with Crippen LogP contribution in [0.5, 0.6) is 0 Å². The van der Waals surface area contributed by atoms with Gasteiger partial charge < -0.3 is 21.1 Å². The molecule has 1 amide bonds. The molecule has 0 aliphatic heterocycles. The van der Waals surface area contributed by atoms with Crippen LogP contribution in [0.4, 0.5) is 0 Å². The van der Waals surface area contributed by atoms with Crippen LogP contribution in [-0.4, -0.2) is 47.8 Å². The molecule has 0 spiro atoms. The van der Waals surface area contributed by atoms with Crippen molar-refractivity contribution in [1.82, 2.24) is 5.32 Å². The summed E-state index contributed by atoms with van der Waals surface area (Å²) in [6.45, 7) is 3.91. The first kappa shape index (κ1) is 50.7. The van der Waals surface area contributed by atoms with Crippen molar-refractivity contribution in [1.29, 1.82) is 0 Å². The normalized spacial score (nSPS) is 15.0. The summed E-state index contributed by atoms with van der Waals surface area (Å²) in [5, 5.41) is 13.5. The monoisotopic (exact) mass is 761 g/mol. The van der Waals surface area contributed by atoms with Crippen LogP contribution in [0.1, 0.15) is 155 Å². The highest BCUT2D eigenvalue weighted by molar-refractivity contribution is 7.47. The van der Waals surface area contributed by atoms with E-state index in [-0.39, 0.29) is 25.5 Å². The van der Waals surface area contributed by atoms with Gasteiger partial charge in [-0.25, -0.2) is 4.57 Å². The Morgan fingerprint density at radius 3 is 1.66 bits per heavy atom. The number of allylic oxidation sites excluding steroid dienone is 13. The van der Waals surface area contributed by atoms with Gasteiger partial charge in [-0.2, -0.15) is 0 Å². The number of hydrogen-bond donors (Lipinski definition) is 4. The van der Waals surface area contributed by atoms with Crippen LogP contribution >= 0.6 is 7.82 Å². The summed E-state index contributed by atoms with van der Waals surface area (Å²) in [5.41, 5.74) is 5.35. The molecule has 0 aliphatic carbocycles. The van der Waals surface area contributed by atoms with Crippen LogP contribution in [0, 0.1) is 0 Å². The Kier molecular flexibility index (Phi) is 37.7. The van der Waals surface area contributed by atoms with Crippen molar-refractivity contribution in [2.75, 3.05) is 19.8 Å². The van der Waals surface area contributed by atoms with Gasteiger partial charge in [0.25, 0.3) is 0 Å². The Morgan fingerprint density at radius 2 is 1.11 bits per heavy atom. The summed E-state index contributed by atoms with van der Waals surface area (Å²) < 4.78 is 22.0. The molecule has 0 heterocycles. The first-order valence-electron chi connectivity index (χ1n) is 20.7. The molecule has 304 valence electrons. The summed E-state index contributed by atoms with van der Waals surface area (Å²) in [6.07, 6.45) is 52.3. The lowest BCUT2D eigenvalue weighted by Crippen LogP contribution is -2.45. The third-order valence-corrected chi connectivity index (χ3v) is 9.43. The Hall–Kier alpha value is -2.32. The van der Waals surface area contributed by atoms with Crippen molar-refractivity contribution in [2.24, 2.45) is 5.73 Å². The minimum absolute atomic E-state index is 0.0569. The highest BCUT2D eigenvalue weighted by Gasteiger charge is 2.26. The lowest BCUT2D eigenvalue weighted by Gasteiger charge is -2.23. The minimum atomic E-state index is -4.37. The van der Waals surface area contributed by atoms with E-state index >= 15 is 0 Å². The predicted molar refractivity (Wildman–Crippen MR) is 226 cm³/mol. The van der Waals surface area contributed by atoms with Crippen LogP contribution < -0.4 is 11.1 Å². The van der Waals surface area contributed by atoms with Gasteiger partial charge >= 0.3 is 7.82 Å². The summed E-state index contributed by atoms with van der Waals surface area (Å²) in [4.78, 5) is 22.6. The zero-order valence-electron chi connectivity index (χ0n) is 33.5. The van der Waals surface area contributed by atoms with Crippen LogP contribution in [-0.2, 0) is 18.4 Å². The molecule has 0 aromatic carbocycles. The standard InChI is InChI=1S/C44H77N2O6P/c1-3-5-7-9-11-13-15-17-18-19-20-21-22-23-24-26-27-29-31-33-35-37-43(47)42(41-52-53(49,50)51-40-39-45)46-44(48)38-36-34-32-30-28-25-16-14-12-10-8-6-4-2/h6,8,12,14,22-23,25,27-29,32,34-35,37,42-43,47H,3-5,7,9-11,13,15-21,24,26,30-31,33,36,38-41,45H2,1-2H3,(H,46,48)(H,49,50)/b8-6-,14-12-,23-22+,28-25-,29-27+,34-32-,37-35+. The van der Waals surface area contributed by atoms with E-state index in [1.165, 1.54) is 77.0 Å². The van der Waals surface area contributed by atoms with Crippen molar-refractivity contribution >= 4 is 13.7 Å². The number of amides is 1. The molecule has 0 bridgehead atoms. The second kappa shape index (κ2) is 39.4. The maximum Gasteiger partial charge on any atom is 0.472 e. The molecular weight excluding hydrogens is 683 g/mol. The van der Waals surface area contributed by atoms with Crippen LogP contribution in [0.2, 0.25) is 0 Å². The van der Waals surface area contributed by atoms with E-state index in [1.807, 2.05) is 18.2 Å². The number of aliphatic hydroxyl groups is 1. The maximum atomic E-state index is 12.7. The number of carbonyl (C=O) groups excluding carboxylic acids is 1. The van der Waals surface area contributed by atoms with E-state index in [1.54, 1.807) is 6.08 Å². The molecule has 5 N–H and O–H groups in total. The number of unbranched alkanes of at least 4 members (excludes halogenated alkanes) is 13. The largest absolute Gasteiger partial charge is 0.472 e. The van der Waals surface area contributed by atoms with E-state index in [4.69, 9.17) is 14.8 Å². The third-order valence-electron chi connectivity index (χ3n) is 8.45. The average molecular weight is 761 g/mol. The molecule has 53 heavy (non-hydrogen) atoms. The average Bonchev–Trinajstić information content (AvgIpc) is 3.14. The molecule has 0 aromatic heterocycles. The second-order valence-electron chi connectivity index (χ2n) is 13.4. The Labute approximate surface area is 324 Å². The van der Waals surface area contributed by atoms with E-state index < -0.39 is 26.6 Å². The van der Waals surface area contributed by atoms with Crippen molar-refractivity contribution in [2.45, 2.75) is 167 Å². The zero-order valence-corrected chi connectivity index (χ0v) is 34.4. The van der Waals surface area contributed by atoms with Gasteiger partial charge in [-0.3, -0.25) is 13.8 Å². The minimum Gasteiger partial charge on any atom is -0.387 e. The first-order valence-corrected chi connectivity index (χ1v) is 22.2. The number of phosphoric ester groups is 1. The molecule has 0 aliphatic rings. The number of carbonyl (C=O) groups is 1. The van der Waals surface area contributed by atoms with Crippen molar-refractivity contribution in [3.05, 3.63) is 85.1 Å². The molecule has 8 nitrogen and oxygen atoms in total. The lowest BCUT2D eigenvalue weighted by molar-refractivity contribution is -0.122. The smallest absolute Gasteiger partial charge is 0.387 e. The zero-order chi connectivity index (χ0) is 38.9. The van der Waals surface area contributed by atoms with Gasteiger partial charge in [0.1, 0.15) is 0 Å². The number of phosphoric acid groups is 1. The van der Waals surface area contributed by atoms with Crippen LogP contribution in [0.3, 0.4) is 0 Å². The Balaban J connectivity index is 4.41. The van der Waals surface area contributed by atoms with E-state index in [2.05, 4.69) is 79.9 Å². The molecule has 3 atom stereocenters. The third kappa shape index (κ3) is 37.8. The molecule has 0 saturated carbocycles. The van der Waals surface area contributed by atoms with Crippen molar-refractivity contribution in [3.8, 4) is 0 Å². The van der Waals surface area contributed by atoms with Gasteiger partial charge in [-0.15, -0.1) is 0 Å². The highest BCUT2D eigenvalue weighted by Crippen LogP contribution is 2.43.